The second-order valence-electron chi connectivity index (χ2n) is 4.69. The zero-order valence-electron chi connectivity index (χ0n) is 10.4. The molecule has 0 saturated heterocycles. The largest absolute Gasteiger partial charge is 0.398 e. The third kappa shape index (κ3) is 3.18. The third-order valence-electron chi connectivity index (χ3n) is 2.71. The van der Waals surface area contributed by atoms with Crippen molar-refractivity contribution in [2.45, 2.75) is 37.3 Å². The van der Waals surface area contributed by atoms with Gasteiger partial charge in [0.05, 0.1) is 17.3 Å². The van der Waals surface area contributed by atoms with Crippen LogP contribution in [0.3, 0.4) is 0 Å². The second kappa shape index (κ2) is 4.83. The lowest BCUT2D eigenvalue weighted by molar-refractivity contribution is 0.111. The summed E-state index contributed by atoms with van der Waals surface area (Å²) in [4.78, 5) is -0.337. The van der Waals surface area contributed by atoms with Crippen molar-refractivity contribution in [3.8, 4) is 0 Å². The van der Waals surface area contributed by atoms with Gasteiger partial charge in [0.25, 0.3) is 0 Å². The Bertz CT molecular complexity index is 541. The summed E-state index contributed by atoms with van der Waals surface area (Å²) in [7, 11) is -3.99. The van der Waals surface area contributed by atoms with E-state index in [1.54, 1.807) is 0 Å². The van der Waals surface area contributed by atoms with Crippen LogP contribution in [0, 0.1) is 5.82 Å². The van der Waals surface area contributed by atoms with Crippen LogP contribution in [0.2, 0.25) is 0 Å². The molecule has 1 rings (SSSR count). The van der Waals surface area contributed by atoms with Gasteiger partial charge in [0.1, 0.15) is 10.7 Å². The molecule has 18 heavy (non-hydrogen) atoms. The van der Waals surface area contributed by atoms with Crippen LogP contribution in [0.5, 0.6) is 0 Å². The van der Waals surface area contributed by atoms with E-state index in [4.69, 9.17) is 5.73 Å². The number of hydrogen-bond donors (Lipinski definition) is 3. The highest BCUT2D eigenvalue weighted by molar-refractivity contribution is 7.89. The maximum Gasteiger partial charge on any atom is 0.243 e. The first-order valence-corrected chi connectivity index (χ1v) is 6.81. The Kier molecular flexibility index (Phi) is 3.99. The number of rotatable bonds is 4. The van der Waals surface area contributed by atoms with E-state index < -0.39 is 27.5 Å². The molecule has 0 heterocycles. The predicted molar refractivity (Wildman–Crippen MR) is 66.9 cm³/mol. The molecule has 0 spiro atoms. The normalized spacial score (nSPS) is 14.5. The lowest BCUT2D eigenvalue weighted by Gasteiger charge is -2.29. The van der Waals surface area contributed by atoms with Crippen molar-refractivity contribution in [3.63, 3.8) is 0 Å². The first-order valence-electron chi connectivity index (χ1n) is 5.33. The molecule has 0 aliphatic carbocycles. The number of halogens is 1. The molecule has 0 saturated carbocycles. The molecule has 0 radical (unpaired) electrons. The molecule has 7 heteroatoms. The highest BCUT2D eigenvalue weighted by atomic mass is 32.2. The van der Waals surface area contributed by atoms with E-state index in [0.717, 1.165) is 12.1 Å². The van der Waals surface area contributed by atoms with Crippen molar-refractivity contribution in [3.05, 3.63) is 24.0 Å². The Hall–Kier alpha value is -1.18. The molecule has 0 bridgehead atoms. The van der Waals surface area contributed by atoms with Gasteiger partial charge >= 0.3 is 0 Å². The molecular weight excluding hydrogens is 259 g/mol. The Morgan fingerprint density at radius 2 is 2.00 bits per heavy atom. The minimum atomic E-state index is -3.99. The van der Waals surface area contributed by atoms with Gasteiger partial charge in [-0.2, -0.15) is 0 Å². The maximum absolute atomic E-state index is 13.1. The number of nitrogen functional groups attached to an aromatic ring is 1. The number of nitrogens with one attached hydrogen (secondary N) is 1. The molecule has 0 amide bonds. The molecule has 0 aliphatic rings. The topological polar surface area (TPSA) is 92.4 Å². The average molecular weight is 276 g/mol. The van der Waals surface area contributed by atoms with Crippen LogP contribution in [0.1, 0.15) is 20.8 Å². The van der Waals surface area contributed by atoms with Crippen LogP contribution in [0.4, 0.5) is 10.1 Å². The van der Waals surface area contributed by atoms with Crippen molar-refractivity contribution in [2.24, 2.45) is 0 Å². The van der Waals surface area contributed by atoms with Gasteiger partial charge in [0.2, 0.25) is 10.0 Å². The lowest BCUT2D eigenvalue weighted by atomic mass is 10.0. The van der Waals surface area contributed by atoms with Crippen molar-refractivity contribution in [1.29, 1.82) is 0 Å². The Morgan fingerprint density at radius 3 is 2.50 bits per heavy atom. The molecular formula is C11H17FN2O3S. The quantitative estimate of drug-likeness (QED) is 0.711. The van der Waals surface area contributed by atoms with Gasteiger partial charge in [-0.1, -0.05) is 0 Å². The monoisotopic (exact) mass is 276 g/mol. The summed E-state index contributed by atoms with van der Waals surface area (Å²) in [6.45, 7) is 4.49. The third-order valence-corrected chi connectivity index (χ3v) is 4.43. The number of hydrogen-bond acceptors (Lipinski definition) is 4. The zero-order valence-corrected chi connectivity index (χ0v) is 11.3. The van der Waals surface area contributed by atoms with Crippen LogP contribution >= 0.6 is 0 Å². The SMILES string of the molecule is CC(O)C(C)(C)NS(=O)(=O)c1cc(F)ccc1N. The van der Waals surface area contributed by atoms with Gasteiger partial charge in [-0.25, -0.2) is 17.5 Å². The number of aliphatic hydroxyl groups is 1. The molecule has 1 aromatic rings. The highest BCUT2D eigenvalue weighted by Crippen LogP contribution is 2.22. The molecule has 0 aliphatic heterocycles. The lowest BCUT2D eigenvalue weighted by Crippen LogP contribution is -2.50. The number of aliphatic hydroxyl groups excluding tert-OH is 1. The van der Waals surface area contributed by atoms with Crippen molar-refractivity contribution >= 4 is 15.7 Å². The van der Waals surface area contributed by atoms with Gasteiger partial charge in [0.15, 0.2) is 0 Å². The van der Waals surface area contributed by atoms with E-state index in [2.05, 4.69) is 4.72 Å². The van der Waals surface area contributed by atoms with Crippen LogP contribution in [0.15, 0.2) is 23.1 Å². The number of nitrogens with two attached hydrogens (primary N) is 1. The molecule has 1 atom stereocenters. The molecule has 4 N–H and O–H groups in total. The fourth-order valence-electron chi connectivity index (χ4n) is 1.23. The Labute approximate surface area is 106 Å². The minimum Gasteiger partial charge on any atom is -0.398 e. The van der Waals surface area contributed by atoms with E-state index in [1.807, 2.05) is 0 Å². The molecule has 0 aromatic heterocycles. The minimum absolute atomic E-state index is 0.0507. The predicted octanol–water partition coefficient (Wildman–Crippen LogP) is 0.846. The van der Waals surface area contributed by atoms with Gasteiger partial charge < -0.3 is 10.8 Å². The number of sulfonamides is 1. The summed E-state index contributed by atoms with van der Waals surface area (Å²) in [5, 5.41) is 9.48. The van der Waals surface area contributed by atoms with Crippen LogP contribution in [-0.4, -0.2) is 25.2 Å². The van der Waals surface area contributed by atoms with Crippen molar-refractivity contribution in [2.75, 3.05) is 5.73 Å². The van der Waals surface area contributed by atoms with E-state index >= 15 is 0 Å². The average Bonchev–Trinajstić information content (AvgIpc) is 2.19. The van der Waals surface area contributed by atoms with Gasteiger partial charge in [0, 0.05) is 0 Å². The van der Waals surface area contributed by atoms with Gasteiger partial charge in [-0.15, -0.1) is 0 Å². The number of benzene rings is 1. The standard InChI is InChI=1S/C11H17FN2O3S/c1-7(15)11(2,3)14-18(16,17)10-6-8(12)4-5-9(10)13/h4-7,14-15H,13H2,1-3H3. The zero-order chi connectivity index (χ0) is 14.1. The highest BCUT2D eigenvalue weighted by Gasteiger charge is 2.31. The molecule has 102 valence electrons. The summed E-state index contributed by atoms with van der Waals surface area (Å²) in [6, 6.07) is 3.10. The maximum atomic E-state index is 13.1. The van der Waals surface area contributed by atoms with Crippen molar-refractivity contribution in [1.82, 2.24) is 4.72 Å². The smallest absolute Gasteiger partial charge is 0.243 e. The molecule has 1 unspecified atom stereocenters. The summed E-state index contributed by atoms with van der Waals surface area (Å²) < 4.78 is 39.5. The van der Waals surface area contributed by atoms with Gasteiger partial charge in [-0.3, -0.25) is 0 Å². The molecule has 0 fully saturated rings. The first-order chi connectivity index (χ1) is 8.06. The first kappa shape index (κ1) is 14.9. The summed E-state index contributed by atoms with van der Waals surface area (Å²) in [5.41, 5.74) is 4.39. The Balaban J connectivity index is 3.19. The van der Waals surface area contributed by atoms with E-state index in [9.17, 15) is 17.9 Å². The van der Waals surface area contributed by atoms with E-state index in [-0.39, 0.29) is 10.6 Å². The van der Waals surface area contributed by atoms with E-state index in [0.29, 0.717) is 0 Å². The second-order valence-corrected chi connectivity index (χ2v) is 6.34. The Morgan fingerprint density at radius 1 is 1.44 bits per heavy atom. The van der Waals surface area contributed by atoms with Crippen LogP contribution in [0.25, 0.3) is 0 Å². The molecule has 1 aromatic carbocycles. The van der Waals surface area contributed by atoms with Crippen molar-refractivity contribution < 1.29 is 17.9 Å². The summed E-state index contributed by atoms with van der Waals surface area (Å²) >= 11 is 0. The number of anilines is 1. The van der Waals surface area contributed by atoms with Crippen LogP contribution < -0.4 is 10.5 Å². The fraction of sp³-hybridized carbons (Fsp3) is 0.455. The molecule has 5 nitrogen and oxygen atoms in total. The van der Waals surface area contributed by atoms with Crippen LogP contribution in [-0.2, 0) is 10.0 Å². The van der Waals surface area contributed by atoms with E-state index in [1.165, 1.54) is 26.8 Å². The summed E-state index contributed by atoms with van der Waals surface area (Å²) in [5.74, 6) is -0.695. The summed E-state index contributed by atoms with van der Waals surface area (Å²) in [6.07, 6.45) is -0.915. The fourth-order valence-corrected chi connectivity index (χ4v) is 2.85. The van der Waals surface area contributed by atoms with Gasteiger partial charge in [-0.05, 0) is 39.0 Å².